The first kappa shape index (κ1) is 13.3. The SMILES string of the molecule is CN1CCC2(NC(=O)N(CCO)C2=O)C(C)(C)C1. The molecular weight excluding hydrogens is 234 g/mol. The van der Waals surface area contributed by atoms with E-state index >= 15 is 0 Å². The number of imide groups is 1. The molecule has 0 aromatic rings. The minimum Gasteiger partial charge on any atom is -0.395 e. The highest BCUT2D eigenvalue weighted by molar-refractivity contribution is 6.07. The van der Waals surface area contributed by atoms with Crippen LogP contribution in [0.5, 0.6) is 0 Å². The maximum atomic E-state index is 12.5. The molecule has 2 saturated heterocycles. The average Bonchev–Trinajstić information content (AvgIpc) is 2.50. The van der Waals surface area contributed by atoms with Gasteiger partial charge < -0.3 is 15.3 Å². The van der Waals surface area contributed by atoms with Gasteiger partial charge in [0.05, 0.1) is 13.2 Å². The summed E-state index contributed by atoms with van der Waals surface area (Å²) in [6.45, 7) is 5.41. The summed E-state index contributed by atoms with van der Waals surface area (Å²) in [6, 6.07) is -0.383. The van der Waals surface area contributed by atoms with Gasteiger partial charge in [0.15, 0.2) is 0 Å². The van der Waals surface area contributed by atoms with Crippen molar-refractivity contribution in [3.8, 4) is 0 Å². The Hall–Kier alpha value is -1.14. The molecule has 1 atom stereocenters. The first-order valence-corrected chi connectivity index (χ1v) is 6.27. The predicted molar refractivity (Wildman–Crippen MR) is 66.0 cm³/mol. The number of hydrogen-bond acceptors (Lipinski definition) is 4. The largest absolute Gasteiger partial charge is 0.395 e. The van der Waals surface area contributed by atoms with Gasteiger partial charge in [0.1, 0.15) is 5.54 Å². The van der Waals surface area contributed by atoms with Crippen molar-refractivity contribution in [2.75, 3.05) is 33.3 Å². The number of likely N-dealkylation sites (tertiary alicyclic amines) is 1. The summed E-state index contributed by atoms with van der Waals surface area (Å²) < 4.78 is 0. The predicted octanol–water partition coefficient (Wildman–Crippen LogP) is -0.369. The van der Waals surface area contributed by atoms with Gasteiger partial charge >= 0.3 is 6.03 Å². The number of hydrogen-bond donors (Lipinski definition) is 2. The minimum absolute atomic E-state index is 0.0678. The second-order valence-corrected chi connectivity index (χ2v) is 5.89. The number of rotatable bonds is 2. The lowest BCUT2D eigenvalue weighted by molar-refractivity contribution is -0.139. The molecule has 0 aromatic heterocycles. The molecule has 2 heterocycles. The van der Waals surface area contributed by atoms with Crippen molar-refractivity contribution < 1.29 is 14.7 Å². The van der Waals surface area contributed by atoms with Crippen molar-refractivity contribution in [1.82, 2.24) is 15.1 Å². The van der Waals surface area contributed by atoms with Crippen LogP contribution in [-0.2, 0) is 4.79 Å². The quantitative estimate of drug-likeness (QED) is 0.660. The zero-order valence-electron chi connectivity index (χ0n) is 11.2. The lowest BCUT2D eigenvalue weighted by Crippen LogP contribution is -2.65. The highest BCUT2D eigenvalue weighted by atomic mass is 16.3. The maximum Gasteiger partial charge on any atom is 0.325 e. The van der Waals surface area contributed by atoms with E-state index in [-0.39, 0.29) is 30.5 Å². The van der Waals surface area contributed by atoms with E-state index in [1.54, 1.807) is 0 Å². The smallest absolute Gasteiger partial charge is 0.325 e. The average molecular weight is 255 g/mol. The van der Waals surface area contributed by atoms with Crippen LogP contribution in [0.15, 0.2) is 0 Å². The van der Waals surface area contributed by atoms with E-state index in [1.165, 1.54) is 0 Å². The van der Waals surface area contributed by atoms with E-state index in [2.05, 4.69) is 10.2 Å². The number of nitrogens with zero attached hydrogens (tertiary/aromatic N) is 2. The Kier molecular flexibility index (Phi) is 3.11. The molecule has 0 aliphatic carbocycles. The molecule has 6 heteroatoms. The number of carbonyl (C=O) groups is 2. The van der Waals surface area contributed by atoms with E-state index in [4.69, 9.17) is 5.11 Å². The van der Waals surface area contributed by atoms with Crippen LogP contribution in [-0.4, -0.2) is 65.7 Å². The minimum atomic E-state index is -0.814. The van der Waals surface area contributed by atoms with Crippen LogP contribution in [0, 0.1) is 5.41 Å². The Morgan fingerprint density at radius 1 is 1.39 bits per heavy atom. The molecule has 0 radical (unpaired) electrons. The summed E-state index contributed by atoms with van der Waals surface area (Å²) in [6.07, 6.45) is 0.614. The number of β-amino-alcohol motifs (C(OH)–C–C–N with tert-alkyl or cyclic N) is 1. The monoisotopic (exact) mass is 255 g/mol. The summed E-state index contributed by atoms with van der Waals surface area (Å²) >= 11 is 0. The number of aliphatic hydroxyl groups is 1. The Labute approximate surface area is 107 Å². The fraction of sp³-hybridized carbons (Fsp3) is 0.833. The van der Waals surface area contributed by atoms with Crippen LogP contribution in [0.3, 0.4) is 0 Å². The van der Waals surface area contributed by atoms with Crippen molar-refractivity contribution >= 4 is 11.9 Å². The Bertz CT molecular complexity index is 383. The molecule has 18 heavy (non-hydrogen) atoms. The standard InChI is InChI=1S/C12H21N3O3/c1-11(2)8-14(3)5-4-12(11)9(17)15(6-7-16)10(18)13-12/h16H,4-8H2,1-3H3,(H,13,18). The van der Waals surface area contributed by atoms with Crippen molar-refractivity contribution in [3.63, 3.8) is 0 Å². The van der Waals surface area contributed by atoms with Gasteiger partial charge in [0.25, 0.3) is 5.91 Å². The van der Waals surface area contributed by atoms with Gasteiger partial charge in [-0.1, -0.05) is 13.8 Å². The molecular formula is C12H21N3O3. The molecule has 0 bridgehead atoms. The molecule has 2 fully saturated rings. The number of nitrogens with one attached hydrogen (secondary N) is 1. The molecule has 1 unspecified atom stereocenters. The van der Waals surface area contributed by atoms with Crippen LogP contribution in [0.1, 0.15) is 20.3 Å². The van der Waals surface area contributed by atoms with Gasteiger partial charge in [-0.2, -0.15) is 0 Å². The van der Waals surface area contributed by atoms with Crippen molar-refractivity contribution in [3.05, 3.63) is 0 Å². The molecule has 3 amide bonds. The topological polar surface area (TPSA) is 72.9 Å². The highest BCUT2D eigenvalue weighted by Crippen LogP contribution is 2.42. The lowest BCUT2D eigenvalue weighted by Gasteiger charge is -2.48. The van der Waals surface area contributed by atoms with Gasteiger partial charge in [-0.15, -0.1) is 0 Å². The second-order valence-electron chi connectivity index (χ2n) is 5.89. The second kappa shape index (κ2) is 4.20. The van der Waals surface area contributed by atoms with Crippen molar-refractivity contribution in [1.29, 1.82) is 0 Å². The van der Waals surface area contributed by atoms with Crippen molar-refractivity contribution in [2.45, 2.75) is 25.8 Å². The molecule has 2 aliphatic rings. The Morgan fingerprint density at radius 2 is 2.06 bits per heavy atom. The van der Waals surface area contributed by atoms with Gasteiger partial charge in [0.2, 0.25) is 0 Å². The van der Waals surface area contributed by atoms with E-state index in [9.17, 15) is 9.59 Å². The number of aliphatic hydroxyl groups excluding tert-OH is 1. The third kappa shape index (κ3) is 1.71. The molecule has 102 valence electrons. The fourth-order valence-corrected chi connectivity index (χ4v) is 3.14. The van der Waals surface area contributed by atoms with Gasteiger partial charge in [-0.3, -0.25) is 9.69 Å². The van der Waals surface area contributed by atoms with E-state index in [0.717, 1.165) is 18.0 Å². The third-order valence-corrected chi connectivity index (χ3v) is 4.19. The van der Waals surface area contributed by atoms with E-state index in [1.807, 2.05) is 20.9 Å². The number of carbonyl (C=O) groups excluding carboxylic acids is 2. The molecule has 0 aromatic carbocycles. The number of amides is 3. The summed E-state index contributed by atoms with van der Waals surface area (Å²) in [5, 5.41) is 11.8. The molecule has 1 spiro atoms. The summed E-state index contributed by atoms with van der Waals surface area (Å²) in [7, 11) is 2.02. The first-order chi connectivity index (χ1) is 8.34. The van der Waals surface area contributed by atoms with E-state index < -0.39 is 5.54 Å². The van der Waals surface area contributed by atoms with Crippen LogP contribution in [0.25, 0.3) is 0 Å². The molecule has 6 nitrogen and oxygen atoms in total. The van der Waals surface area contributed by atoms with Gasteiger partial charge in [-0.25, -0.2) is 4.79 Å². The third-order valence-electron chi connectivity index (χ3n) is 4.19. The first-order valence-electron chi connectivity index (χ1n) is 6.27. The Morgan fingerprint density at radius 3 is 2.61 bits per heavy atom. The van der Waals surface area contributed by atoms with Gasteiger partial charge in [0, 0.05) is 18.5 Å². The van der Waals surface area contributed by atoms with Crippen LogP contribution >= 0.6 is 0 Å². The highest BCUT2D eigenvalue weighted by Gasteiger charge is 2.60. The summed E-state index contributed by atoms with van der Waals surface area (Å²) in [5.74, 6) is -0.195. The van der Waals surface area contributed by atoms with E-state index in [0.29, 0.717) is 6.42 Å². The zero-order chi connectivity index (χ0) is 13.6. The van der Waals surface area contributed by atoms with Gasteiger partial charge in [-0.05, 0) is 13.5 Å². The summed E-state index contributed by atoms with van der Waals surface area (Å²) in [4.78, 5) is 27.7. The number of urea groups is 1. The van der Waals surface area contributed by atoms with Crippen LogP contribution in [0.2, 0.25) is 0 Å². The molecule has 0 saturated carbocycles. The lowest BCUT2D eigenvalue weighted by atomic mass is 9.67. The number of piperidine rings is 1. The fourth-order valence-electron chi connectivity index (χ4n) is 3.14. The molecule has 2 N–H and O–H groups in total. The van der Waals surface area contributed by atoms with Crippen LogP contribution < -0.4 is 5.32 Å². The normalized spacial score (nSPS) is 32.1. The summed E-state index contributed by atoms with van der Waals surface area (Å²) in [5.41, 5.74) is -1.14. The van der Waals surface area contributed by atoms with Crippen molar-refractivity contribution in [2.24, 2.45) is 5.41 Å². The Balaban J connectivity index is 2.32. The molecule has 2 rings (SSSR count). The zero-order valence-corrected chi connectivity index (χ0v) is 11.2. The maximum absolute atomic E-state index is 12.5. The van der Waals surface area contributed by atoms with Crippen LogP contribution in [0.4, 0.5) is 4.79 Å². The molecule has 2 aliphatic heterocycles.